The number of nitrogens with two attached hydrogens (primary N) is 1. The van der Waals surface area contributed by atoms with Crippen LogP contribution in [0.1, 0.15) is 48.1 Å². The van der Waals surface area contributed by atoms with Crippen LogP contribution in [0.4, 0.5) is 5.82 Å². The average molecular weight is 802 g/mol. The third-order valence-corrected chi connectivity index (χ3v) is 11.1. The number of pyridine rings is 1. The number of nitrogens with zero attached hydrogens (tertiary/aromatic N) is 5. The monoisotopic (exact) mass is 801 g/mol. The van der Waals surface area contributed by atoms with E-state index in [2.05, 4.69) is 19.3 Å². The summed E-state index contributed by atoms with van der Waals surface area (Å²) in [4.78, 5) is 62.8. The minimum Gasteiger partial charge on any atom is -0.477 e. The molecule has 27 heteroatoms. The molecule has 5 heterocycles. The normalized spacial score (nSPS) is 28.9. The Labute approximate surface area is 292 Å². The van der Waals surface area contributed by atoms with Gasteiger partial charge in [0, 0.05) is 6.07 Å². The Balaban J connectivity index is 1.21. The van der Waals surface area contributed by atoms with Crippen molar-refractivity contribution in [3.8, 4) is 0 Å². The second kappa shape index (κ2) is 15.9. The molecule has 2 unspecified atom stereocenters. The number of rotatable bonds is 16. The summed E-state index contributed by atoms with van der Waals surface area (Å²) in [6.07, 6.45) is -6.56. The van der Waals surface area contributed by atoms with Gasteiger partial charge in [-0.05, 0) is 18.4 Å². The number of fused-ring (bicyclic) bond motifs is 1. The largest absolute Gasteiger partial charge is 0.481 e. The number of nitrogen functional groups attached to an aromatic ring is 1. The summed E-state index contributed by atoms with van der Waals surface area (Å²) in [6.45, 7) is -0.126. The van der Waals surface area contributed by atoms with Crippen LogP contribution in [0, 0.1) is 0 Å². The number of carboxylic acid groups (broad SMARTS) is 1. The van der Waals surface area contributed by atoms with Gasteiger partial charge in [-0.25, -0.2) is 33.4 Å². The summed E-state index contributed by atoms with van der Waals surface area (Å²) in [6, 6.07) is 1.52. The number of aliphatic hydroxyl groups is 3. The minimum absolute atomic E-state index is 0.000712. The molecule has 52 heavy (non-hydrogen) atoms. The number of phosphoric ester groups is 3. The van der Waals surface area contributed by atoms with Gasteiger partial charge in [0.15, 0.2) is 36.2 Å². The number of anilines is 1. The van der Waals surface area contributed by atoms with Crippen molar-refractivity contribution in [2.45, 2.75) is 75.3 Å². The molecular weight excluding hydrogens is 765 g/mol. The smallest absolute Gasteiger partial charge is 0.477 e. The third-order valence-electron chi connectivity index (χ3n) is 7.98. The van der Waals surface area contributed by atoms with E-state index in [-0.39, 0.29) is 22.5 Å². The van der Waals surface area contributed by atoms with Gasteiger partial charge < -0.3 is 55.2 Å². The summed E-state index contributed by atoms with van der Waals surface area (Å²) in [7, 11) is -16.3. The quantitative estimate of drug-likeness (QED) is 0.0622. The van der Waals surface area contributed by atoms with Gasteiger partial charge in [0.25, 0.3) is 6.23 Å². The minimum atomic E-state index is -5.55. The molecule has 0 saturated carbocycles. The van der Waals surface area contributed by atoms with Gasteiger partial charge in [0.2, 0.25) is 0 Å². The molecule has 0 aliphatic carbocycles. The molecule has 0 radical (unpaired) electrons. The number of phosphoric acid groups is 3. The lowest BCUT2D eigenvalue weighted by molar-refractivity contribution is -0.765. The first kappa shape index (κ1) is 40.3. The molecule has 10 atom stereocenters. The number of hydrogen-bond donors (Lipinski definition) is 9. The van der Waals surface area contributed by atoms with E-state index in [0.29, 0.717) is 12.0 Å². The lowest BCUT2D eigenvalue weighted by Crippen LogP contribution is -2.46. The highest BCUT2D eigenvalue weighted by molar-refractivity contribution is 7.61. The molecule has 0 aromatic carbocycles. The first-order valence-corrected chi connectivity index (χ1v) is 19.8. The van der Waals surface area contributed by atoms with Crippen molar-refractivity contribution < 1.29 is 90.4 Å². The Hall–Kier alpha value is -2.86. The van der Waals surface area contributed by atoms with Gasteiger partial charge in [-0.1, -0.05) is 13.3 Å². The summed E-state index contributed by atoms with van der Waals surface area (Å²) >= 11 is 0. The van der Waals surface area contributed by atoms with E-state index in [9.17, 15) is 58.5 Å². The fourth-order valence-corrected chi connectivity index (χ4v) is 8.15. The molecule has 10 N–H and O–H groups in total. The van der Waals surface area contributed by atoms with Gasteiger partial charge in [0.05, 0.1) is 19.5 Å². The summed E-state index contributed by atoms with van der Waals surface area (Å²) in [5.74, 6) is -1.30. The van der Waals surface area contributed by atoms with Crippen LogP contribution in [-0.2, 0) is 47.5 Å². The number of hydrogen-bond acceptors (Lipinski definition) is 17. The first-order valence-electron chi connectivity index (χ1n) is 15.3. The number of ether oxygens (including phenoxy) is 2. The van der Waals surface area contributed by atoms with Crippen LogP contribution in [0.3, 0.4) is 0 Å². The Morgan fingerprint density at radius 3 is 2.25 bits per heavy atom. The fraction of sp³-hybridized carbons (Fsp3) is 0.560. The van der Waals surface area contributed by atoms with Crippen LogP contribution >= 0.6 is 23.5 Å². The highest BCUT2D eigenvalue weighted by Crippen LogP contribution is 2.61. The molecule has 3 aromatic rings. The Morgan fingerprint density at radius 1 is 0.981 bits per heavy atom. The van der Waals surface area contributed by atoms with E-state index in [4.69, 9.17) is 28.8 Å². The van der Waals surface area contributed by atoms with Crippen molar-refractivity contribution in [2.24, 2.45) is 0 Å². The van der Waals surface area contributed by atoms with Gasteiger partial charge in [-0.2, -0.15) is 8.88 Å². The standard InChI is InChI=1S/C25H35N6O18P3/c1-2-3-4-12-5-6-30(7-13(12)25(35)36)23-19(34)17(32)14(46-23)8-44-51(40,41)49-52(42,43)45-9-15-18(33)20(48-50(37,38)39)24(47-15)31-11-29-16-21(26)27-10-28-22(16)31/h5-7,10-11,14-15,17-20,23-24,32-34H,2-4,8-9H2,1H3,(H6-,26,27,28,35,36,37,38,39,40,41,42,43)/p+1/t14-,15-,17-,18-,19-,20-,23-,24-/m1/s1. The molecule has 2 aliphatic heterocycles. The predicted molar refractivity (Wildman–Crippen MR) is 167 cm³/mol. The van der Waals surface area contributed by atoms with Crippen molar-refractivity contribution in [2.75, 3.05) is 18.9 Å². The Morgan fingerprint density at radius 2 is 1.63 bits per heavy atom. The summed E-state index contributed by atoms with van der Waals surface area (Å²) in [5, 5.41) is 41.5. The fourth-order valence-electron chi connectivity index (χ4n) is 5.51. The van der Waals surface area contributed by atoms with E-state index in [0.717, 1.165) is 30.1 Å². The van der Waals surface area contributed by atoms with Gasteiger partial charge >= 0.3 is 29.4 Å². The van der Waals surface area contributed by atoms with Crippen LogP contribution in [-0.4, -0.2) is 115 Å². The zero-order chi connectivity index (χ0) is 38.2. The van der Waals surface area contributed by atoms with Crippen LogP contribution in [0.25, 0.3) is 11.2 Å². The topological polar surface area (TPSA) is 359 Å². The van der Waals surface area contributed by atoms with Crippen molar-refractivity contribution in [1.82, 2.24) is 19.5 Å². The molecule has 0 spiro atoms. The molecule has 24 nitrogen and oxygen atoms in total. The van der Waals surface area contributed by atoms with Crippen LogP contribution in [0.2, 0.25) is 0 Å². The third kappa shape index (κ3) is 9.25. The molecule has 2 fully saturated rings. The highest BCUT2D eigenvalue weighted by Gasteiger charge is 2.51. The van der Waals surface area contributed by atoms with Crippen molar-refractivity contribution in [3.63, 3.8) is 0 Å². The summed E-state index contributed by atoms with van der Waals surface area (Å²) < 4.78 is 68.8. The maximum Gasteiger partial charge on any atom is 0.481 e. The van der Waals surface area contributed by atoms with Crippen LogP contribution < -0.4 is 10.3 Å². The molecule has 2 aliphatic rings. The lowest BCUT2D eigenvalue weighted by Gasteiger charge is -2.22. The Kier molecular flexibility index (Phi) is 12.3. The zero-order valence-corrected chi connectivity index (χ0v) is 29.5. The van der Waals surface area contributed by atoms with Crippen LogP contribution in [0.15, 0.2) is 31.1 Å². The summed E-state index contributed by atoms with van der Waals surface area (Å²) in [5.41, 5.74) is 6.29. The van der Waals surface area contributed by atoms with Gasteiger partial charge in [0.1, 0.15) is 47.9 Å². The van der Waals surface area contributed by atoms with Crippen molar-refractivity contribution >= 4 is 46.4 Å². The number of imidazole rings is 1. The van der Waals surface area contributed by atoms with Crippen molar-refractivity contribution in [1.29, 1.82) is 0 Å². The molecule has 0 amide bonds. The number of aliphatic hydroxyl groups excluding tert-OH is 3. The van der Waals surface area contributed by atoms with Gasteiger partial charge in [-0.3, -0.25) is 18.1 Å². The van der Waals surface area contributed by atoms with E-state index in [1.165, 1.54) is 23.0 Å². The van der Waals surface area contributed by atoms with Crippen LogP contribution in [0.5, 0.6) is 0 Å². The molecule has 288 valence electrons. The number of carbonyl (C=O) groups is 1. The number of aryl methyl sites for hydroxylation is 1. The molecule has 0 bridgehead atoms. The molecule has 5 rings (SSSR count). The number of carboxylic acids is 1. The second-order valence-electron chi connectivity index (χ2n) is 11.6. The number of aromatic carboxylic acids is 1. The van der Waals surface area contributed by atoms with E-state index in [1.807, 2.05) is 6.92 Å². The first-order chi connectivity index (χ1) is 24.3. The highest BCUT2D eigenvalue weighted by atomic mass is 31.3. The van der Waals surface area contributed by atoms with Gasteiger partial charge in [-0.15, -0.1) is 0 Å². The van der Waals surface area contributed by atoms with Crippen molar-refractivity contribution in [3.05, 3.63) is 42.2 Å². The SMILES string of the molecule is CCCCc1cc[n+]([C@@H]2O[C@H](COP(=O)(O)OP(=O)(O)OC[C@H]3O[C@@H](n4cnc5c(N)ncnc54)[C@H](OP(=O)(O)O)[C@@H]3O)[C@@H](O)[C@H]2O)cc1C(=O)O. The lowest BCUT2D eigenvalue weighted by atomic mass is 10.0. The zero-order valence-electron chi connectivity index (χ0n) is 26.9. The second-order valence-corrected chi connectivity index (χ2v) is 15.8. The number of aromatic nitrogens is 5. The predicted octanol–water partition coefficient (Wildman–Crippen LogP) is -0.957. The average Bonchev–Trinajstić information content (AvgIpc) is 3.71. The van der Waals surface area contributed by atoms with E-state index in [1.54, 1.807) is 0 Å². The van der Waals surface area contributed by atoms with E-state index >= 15 is 0 Å². The molecular formula is C25H36N6O18P3+. The van der Waals surface area contributed by atoms with E-state index < -0.39 is 91.7 Å². The maximum atomic E-state index is 12.6. The maximum absolute atomic E-state index is 12.6. The number of unbranched alkanes of at least 4 members (excludes halogenated alkanes) is 1. The molecule has 2 saturated heterocycles. The molecule has 3 aromatic heterocycles. The Bertz CT molecular complexity index is 1910.